The number of nitrogens with zero attached hydrogens (tertiary/aromatic N) is 1. The van der Waals surface area contributed by atoms with Crippen molar-refractivity contribution in [3.05, 3.63) is 35.9 Å². The second kappa shape index (κ2) is 11.0. The van der Waals surface area contributed by atoms with E-state index in [4.69, 9.17) is 0 Å². The van der Waals surface area contributed by atoms with Crippen molar-refractivity contribution in [1.29, 1.82) is 0 Å². The van der Waals surface area contributed by atoms with Gasteiger partial charge in [-0.25, -0.2) is 0 Å². The molecule has 2 fully saturated rings. The van der Waals surface area contributed by atoms with Gasteiger partial charge in [-0.3, -0.25) is 9.69 Å². The Morgan fingerprint density at radius 1 is 1.20 bits per heavy atom. The quantitative estimate of drug-likeness (QED) is 0.834. The largest absolute Gasteiger partial charge is 0.350 e. The maximum absolute atomic E-state index is 12.8. The van der Waals surface area contributed by atoms with Crippen molar-refractivity contribution in [2.75, 3.05) is 19.6 Å². The van der Waals surface area contributed by atoms with E-state index in [-0.39, 0.29) is 42.8 Å². The lowest BCUT2D eigenvalue weighted by Gasteiger charge is -2.37. The molecule has 3 atom stereocenters. The van der Waals surface area contributed by atoms with Crippen LogP contribution in [0.4, 0.5) is 0 Å². The van der Waals surface area contributed by atoms with Gasteiger partial charge in [-0.1, -0.05) is 43.7 Å². The average Bonchev–Trinajstić information content (AvgIpc) is 2.58. The number of piperidine rings is 2. The van der Waals surface area contributed by atoms with Crippen LogP contribution in [0.2, 0.25) is 0 Å². The summed E-state index contributed by atoms with van der Waals surface area (Å²) >= 11 is 0. The molecule has 1 aromatic rings. The highest BCUT2D eigenvalue weighted by molar-refractivity contribution is 5.85. The molecule has 25 heavy (non-hydrogen) atoms. The highest BCUT2D eigenvalue weighted by atomic mass is 35.5. The summed E-state index contributed by atoms with van der Waals surface area (Å²) < 4.78 is 0. The Labute approximate surface area is 163 Å². The molecule has 1 amide bonds. The third-order valence-corrected chi connectivity index (χ3v) is 5.30. The van der Waals surface area contributed by atoms with Crippen LogP contribution < -0.4 is 10.6 Å². The average molecular weight is 388 g/mol. The fraction of sp³-hybridized carbons (Fsp3) is 0.632. The summed E-state index contributed by atoms with van der Waals surface area (Å²) in [6, 6.07) is 10.8. The normalized spacial score (nSPS) is 26.8. The lowest BCUT2D eigenvalue weighted by molar-refractivity contribution is -0.129. The van der Waals surface area contributed by atoms with Gasteiger partial charge < -0.3 is 10.6 Å². The van der Waals surface area contributed by atoms with Crippen LogP contribution in [-0.4, -0.2) is 42.5 Å². The summed E-state index contributed by atoms with van der Waals surface area (Å²) in [6.07, 6.45) is 4.47. The molecule has 4 nitrogen and oxygen atoms in total. The number of hydrogen-bond acceptors (Lipinski definition) is 3. The van der Waals surface area contributed by atoms with E-state index in [0.29, 0.717) is 5.92 Å². The second-order valence-corrected chi connectivity index (χ2v) is 7.05. The molecule has 0 aliphatic carbocycles. The van der Waals surface area contributed by atoms with Crippen molar-refractivity contribution in [2.45, 2.75) is 51.2 Å². The highest BCUT2D eigenvalue weighted by Crippen LogP contribution is 2.21. The van der Waals surface area contributed by atoms with Gasteiger partial charge in [0, 0.05) is 19.1 Å². The van der Waals surface area contributed by atoms with Crippen LogP contribution in [0.5, 0.6) is 0 Å². The molecule has 3 rings (SSSR count). The molecule has 2 saturated heterocycles. The van der Waals surface area contributed by atoms with E-state index >= 15 is 0 Å². The summed E-state index contributed by atoms with van der Waals surface area (Å²) in [5, 5.41) is 6.71. The van der Waals surface area contributed by atoms with Gasteiger partial charge in [0.2, 0.25) is 5.91 Å². The fourth-order valence-corrected chi connectivity index (χ4v) is 3.76. The Balaban J connectivity index is 0.00000156. The van der Waals surface area contributed by atoms with Gasteiger partial charge in [-0.15, -0.1) is 24.8 Å². The van der Waals surface area contributed by atoms with E-state index in [9.17, 15) is 4.79 Å². The predicted molar refractivity (Wildman–Crippen MR) is 108 cm³/mol. The van der Waals surface area contributed by atoms with Gasteiger partial charge in [0.05, 0.1) is 6.04 Å². The number of carbonyl (C=O) groups excluding carboxylic acids is 1. The lowest BCUT2D eigenvalue weighted by atomic mass is 9.93. The Hall–Kier alpha value is -0.810. The lowest BCUT2D eigenvalue weighted by Crippen LogP contribution is -2.56. The summed E-state index contributed by atoms with van der Waals surface area (Å²) in [6.45, 7) is 6.10. The minimum Gasteiger partial charge on any atom is -0.350 e. The molecule has 6 heteroatoms. The van der Waals surface area contributed by atoms with Crippen molar-refractivity contribution in [3.63, 3.8) is 0 Å². The van der Waals surface area contributed by atoms with E-state index in [0.717, 1.165) is 45.4 Å². The van der Waals surface area contributed by atoms with Crippen LogP contribution in [0.3, 0.4) is 0 Å². The van der Waals surface area contributed by atoms with Crippen LogP contribution in [-0.2, 0) is 11.3 Å². The number of benzene rings is 1. The maximum atomic E-state index is 12.8. The third-order valence-electron chi connectivity index (χ3n) is 5.30. The molecule has 0 spiro atoms. The van der Waals surface area contributed by atoms with E-state index in [1.54, 1.807) is 0 Å². The number of nitrogens with one attached hydrogen (secondary N) is 2. The zero-order valence-corrected chi connectivity index (χ0v) is 16.6. The monoisotopic (exact) mass is 387 g/mol. The van der Waals surface area contributed by atoms with Gasteiger partial charge >= 0.3 is 0 Å². The van der Waals surface area contributed by atoms with Gasteiger partial charge in [0.25, 0.3) is 0 Å². The Bertz CT molecular complexity index is 515. The van der Waals surface area contributed by atoms with E-state index in [1.807, 2.05) is 6.07 Å². The Kier molecular flexibility index (Phi) is 9.80. The van der Waals surface area contributed by atoms with Crippen LogP contribution >= 0.6 is 24.8 Å². The van der Waals surface area contributed by atoms with E-state index in [2.05, 4.69) is 46.7 Å². The fourth-order valence-electron chi connectivity index (χ4n) is 3.76. The first-order chi connectivity index (χ1) is 11.2. The molecule has 0 radical (unpaired) electrons. The summed E-state index contributed by atoms with van der Waals surface area (Å²) in [4.78, 5) is 15.2. The molecule has 0 bridgehead atoms. The topological polar surface area (TPSA) is 44.4 Å². The van der Waals surface area contributed by atoms with Crippen molar-refractivity contribution in [1.82, 2.24) is 15.5 Å². The number of hydrogen-bond donors (Lipinski definition) is 2. The maximum Gasteiger partial charge on any atom is 0.237 e. The molecule has 3 unspecified atom stereocenters. The van der Waals surface area contributed by atoms with E-state index in [1.165, 1.54) is 12.0 Å². The molecular weight excluding hydrogens is 357 g/mol. The summed E-state index contributed by atoms with van der Waals surface area (Å²) in [7, 11) is 0. The van der Waals surface area contributed by atoms with Crippen LogP contribution in [0.1, 0.15) is 38.2 Å². The number of carbonyl (C=O) groups is 1. The van der Waals surface area contributed by atoms with E-state index < -0.39 is 0 Å². The number of likely N-dealkylation sites (tertiary alicyclic amines) is 1. The first-order valence-electron chi connectivity index (χ1n) is 9.03. The summed E-state index contributed by atoms with van der Waals surface area (Å²) in [5.41, 5.74) is 1.29. The molecule has 142 valence electrons. The standard InChI is InChI=1S/C19H29N3O.2ClH/c1-15-10-11-20-13-17(15)21-19(23)18-9-5-6-12-22(18)14-16-7-3-2-4-8-16;;/h2-4,7-8,15,17-18,20H,5-6,9-14H2,1H3,(H,21,23);2*1H. The Morgan fingerprint density at radius 3 is 2.68 bits per heavy atom. The van der Waals surface area contributed by atoms with Gasteiger partial charge in [-0.05, 0) is 43.8 Å². The van der Waals surface area contributed by atoms with Crippen LogP contribution in [0, 0.1) is 5.92 Å². The molecular formula is C19H31Cl2N3O. The summed E-state index contributed by atoms with van der Waals surface area (Å²) in [5.74, 6) is 0.785. The molecule has 0 saturated carbocycles. The number of halogens is 2. The minimum atomic E-state index is 0. The molecule has 2 aliphatic heterocycles. The van der Waals surface area contributed by atoms with Crippen LogP contribution in [0.25, 0.3) is 0 Å². The number of rotatable bonds is 4. The Morgan fingerprint density at radius 2 is 1.96 bits per heavy atom. The van der Waals surface area contributed by atoms with Crippen molar-refractivity contribution in [2.24, 2.45) is 5.92 Å². The second-order valence-electron chi connectivity index (χ2n) is 7.05. The highest BCUT2D eigenvalue weighted by Gasteiger charge is 2.31. The SMILES string of the molecule is CC1CCNCC1NC(=O)C1CCCCN1Cc1ccccc1.Cl.Cl. The molecule has 2 heterocycles. The molecule has 2 N–H and O–H groups in total. The smallest absolute Gasteiger partial charge is 0.237 e. The molecule has 0 aromatic heterocycles. The van der Waals surface area contributed by atoms with Gasteiger partial charge in [0.1, 0.15) is 0 Å². The molecule has 1 aromatic carbocycles. The predicted octanol–water partition coefficient (Wildman–Crippen LogP) is 3.00. The van der Waals surface area contributed by atoms with Crippen molar-refractivity contribution < 1.29 is 4.79 Å². The van der Waals surface area contributed by atoms with Gasteiger partial charge in [-0.2, -0.15) is 0 Å². The first kappa shape index (κ1) is 22.2. The zero-order valence-electron chi connectivity index (χ0n) is 14.9. The first-order valence-corrected chi connectivity index (χ1v) is 9.03. The van der Waals surface area contributed by atoms with Crippen molar-refractivity contribution >= 4 is 30.7 Å². The number of amides is 1. The van der Waals surface area contributed by atoms with Crippen LogP contribution in [0.15, 0.2) is 30.3 Å². The minimum absolute atomic E-state index is 0. The van der Waals surface area contributed by atoms with Gasteiger partial charge in [0.15, 0.2) is 0 Å². The van der Waals surface area contributed by atoms with Crippen molar-refractivity contribution in [3.8, 4) is 0 Å². The third kappa shape index (κ3) is 6.14. The zero-order chi connectivity index (χ0) is 16.1. The molecule has 2 aliphatic rings.